The second kappa shape index (κ2) is 5.57. The fourth-order valence-corrected chi connectivity index (χ4v) is 4.50. The van der Waals surface area contributed by atoms with Crippen LogP contribution < -0.4 is 5.32 Å². The number of fused-ring (bicyclic) bond motifs is 1. The molecule has 1 aromatic heterocycles. The van der Waals surface area contributed by atoms with Crippen molar-refractivity contribution < 1.29 is 14.7 Å². The van der Waals surface area contributed by atoms with Crippen LogP contribution in [0.15, 0.2) is 12.1 Å². The standard InChI is InChI=1S/C14H10Cl3NO3S/c15-6-3-7(16)9-8(4-6)22-11(10(9)17)12(19)18-5-14(1-2-14)13(20)21/h3-4H,1-2,5H2,(H,18,19)(H,20,21). The maximum atomic E-state index is 12.3. The summed E-state index contributed by atoms with van der Waals surface area (Å²) in [5, 5.41) is 13.5. The van der Waals surface area contributed by atoms with E-state index < -0.39 is 17.3 Å². The number of carbonyl (C=O) groups is 2. The Morgan fingerprint density at radius 2 is 1.95 bits per heavy atom. The van der Waals surface area contributed by atoms with E-state index >= 15 is 0 Å². The van der Waals surface area contributed by atoms with Crippen LogP contribution in [0.3, 0.4) is 0 Å². The first-order valence-electron chi connectivity index (χ1n) is 6.43. The minimum absolute atomic E-state index is 0.0974. The highest BCUT2D eigenvalue weighted by molar-refractivity contribution is 7.21. The molecule has 0 saturated heterocycles. The highest BCUT2D eigenvalue weighted by Crippen LogP contribution is 2.45. The van der Waals surface area contributed by atoms with Gasteiger partial charge in [-0.1, -0.05) is 34.8 Å². The molecule has 0 atom stereocenters. The SMILES string of the molecule is O=C(NCC1(C(=O)O)CC1)c1sc2cc(Cl)cc(Cl)c2c1Cl. The van der Waals surface area contributed by atoms with Crippen molar-refractivity contribution in [2.24, 2.45) is 5.41 Å². The van der Waals surface area contributed by atoms with E-state index in [2.05, 4.69) is 5.32 Å². The number of carboxylic acid groups (broad SMARTS) is 1. The molecule has 1 aliphatic carbocycles. The summed E-state index contributed by atoms with van der Waals surface area (Å²) < 4.78 is 0.715. The molecule has 0 radical (unpaired) electrons. The van der Waals surface area contributed by atoms with Gasteiger partial charge >= 0.3 is 5.97 Å². The fraction of sp³-hybridized carbons (Fsp3) is 0.286. The lowest BCUT2D eigenvalue weighted by Gasteiger charge is -2.10. The lowest BCUT2D eigenvalue weighted by Crippen LogP contribution is -2.33. The van der Waals surface area contributed by atoms with Crippen molar-refractivity contribution in [1.29, 1.82) is 0 Å². The number of benzene rings is 1. The van der Waals surface area contributed by atoms with E-state index in [1.165, 1.54) is 11.3 Å². The molecule has 1 aromatic carbocycles. The van der Waals surface area contributed by atoms with Crippen LogP contribution in [0.4, 0.5) is 0 Å². The summed E-state index contributed by atoms with van der Waals surface area (Å²) in [5.74, 6) is -1.28. The molecule has 1 fully saturated rings. The Bertz CT molecular complexity index is 798. The molecule has 2 N–H and O–H groups in total. The van der Waals surface area contributed by atoms with Gasteiger partial charge in [-0.25, -0.2) is 0 Å². The fourth-order valence-electron chi connectivity index (χ4n) is 2.20. The molecular formula is C14H10Cl3NO3S. The number of aliphatic carboxylic acids is 1. The van der Waals surface area contributed by atoms with Crippen molar-refractivity contribution in [3.8, 4) is 0 Å². The van der Waals surface area contributed by atoms with Crippen molar-refractivity contribution in [2.45, 2.75) is 12.8 Å². The van der Waals surface area contributed by atoms with E-state index in [1.807, 2.05) is 0 Å². The number of hydrogen-bond acceptors (Lipinski definition) is 3. The largest absolute Gasteiger partial charge is 0.481 e. The molecule has 4 nitrogen and oxygen atoms in total. The molecule has 0 bridgehead atoms. The molecule has 8 heteroatoms. The number of carbonyl (C=O) groups excluding carboxylic acids is 1. The molecule has 3 rings (SSSR count). The van der Waals surface area contributed by atoms with Crippen LogP contribution in [0, 0.1) is 5.41 Å². The molecule has 0 spiro atoms. The van der Waals surface area contributed by atoms with Crippen molar-refractivity contribution in [3.05, 3.63) is 32.1 Å². The van der Waals surface area contributed by atoms with E-state index in [0.29, 0.717) is 37.9 Å². The minimum atomic E-state index is -0.884. The molecular weight excluding hydrogens is 369 g/mol. The molecule has 0 unspecified atom stereocenters. The van der Waals surface area contributed by atoms with Crippen molar-refractivity contribution in [1.82, 2.24) is 5.32 Å². The van der Waals surface area contributed by atoms with Crippen LogP contribution in [0.5, 0.6) is 0 Å². The molecule has 1 heterocycles. The predicted molar refractivity (Wildman–Crippen MR) is 88.5 cm³/mol. The van der Waals surface area contributed by atoms with E-state index in [-0.39, 0.29) is 11.6 Å². The smallest absolute Gasteiger partial charge is 0.311 e. The first kappa shape index (κ1) is 15.9. The molecule has 2 aromatic rings. The zero-order chi connectivity index (χ0) is 16.1. The van der Waals surface area contributed by atoms with Crippen molar-refractivity contribution in [2.75, 3.05) is 6.54 Å². The molecule has 1 amide bonds. The Morgan fingerprint density at radius 3 is 2.55 bits per heavy atom. The molecule has 0 aliphatic heterocycles. The number of nitrogens with one attached hydrogen (secondary N) is 1. The van der Waals surface area contributed by atoms with Gasteiger partial charge in [0, 0.05) is 21.7 Å². The quantitative estimate of drug-likeness (QED) is 0.825. The minimum Gasteiger partial charge on any atom is -0.481 e. The van der Waals surface area contributed by atoms with Gasteiger partial charge in [0.15, 0.2) is 0 Å². The number of hydrogen-bond donors (Lipinski definition) is 2. The average molecular weight is 379 g/mol. The van der Waals surface area contributed by atoms with Gasteiger partial charge in [-0.2, -0.15) is 0 Å². The maximum Gasteiger partial charge on any atom is 0.311 e. The van der Waals surface area contributed by atoms with Gasteiger partial charge in [-0.3, -0.25) is 9.59 Å². The predicted octanol–water partition coefficient (Wildman–Crippen LogP) is 4.46. The summed E-state index contributed by atoms with van der Waals surface area (Å²) in [5.41, 5.74) is -0.820. The van der Waals surface area contributed by atoms with E-state index in [1.54, 1.807) is 12.1 Å². The summed E-state index contributed by atoms with van der Waals surface area (Å²) in [6.45, 7) is 0.0974. The van der Waals surface area contributed by atoms with Crippen LogP contribution in [0.1, 0.15) is 22.5 Å². The highest BCUT2D eigenvalue weighted by Gasteiger charge is 2.50. The van der Waals surface area contributed by atoms with Gasteiger partial charge in [0.1, 0.15) is 4.88 Å². The number of amides is 1. The van der Waals surface area contributed by atoms with Crippen LogP contribution in [-0.2, 0) is 4.79 Å². The third-order valence-corrected chi connectivity index (χ3v) is 5.89. The van der Waals surface area contributed by atoms with Gasteiger partial charge in [0.2, 0.25) is 0 Å². The Hall–Kier alpha value is -1.01. The average Bonchev–Trinajstić information content (AvgIpc) is 3.15. The van der Waals surface area contributed by atoms with E-state index in [4.69, 9.17) is 39.9 Å². The second-order valence-electron chi connectivity index (χ2n) is 5.27. The number of carboxylic acids is 1. The van der Waals surface area contributed by atoms with Crippen LogP contribution in [0.25, 0.3) is 10.1 Å². The van der Waals surface area contributed by atoms with Crippen LogP contribution in [0.2, 0.25) is 15.1 Å². The third-order valence-electron chi connectivity index (χ3n) is 3.75. The maximum absolute atomic E-state index is 12.3. The van der Waals surface area contributed by atoms with Gasteiger partial charge in [0.05, 0.1) is 15.5 Å². The molecule has 22 heavy (non-hydrogen) atoms. The topological polar surface area (TPSA) is 66.4 Å². The molecule has 1 saturated carbocycles. The number of rotatable bonds is 4. The van der Waals surface area contributed by atoms with Crippen LogP contribution >= 0.6 is 46.1 Å². The normalized spacial score (nSPS) is 15.8. The number of halogens is 3. The lowest BCUT2D eigenvalue weighted by atomic mass is 10.1. The summed E-state index contributed by atoms with van der Waals surface area (Å²) >= 11 is 19.5. The Balaban J connectivity index is 1.87. The van der Waals surface area contributed by atoms with Gasteiger partial charge in [-0.05, 0) is 25.0 Å². The first-order valence-corrected chi connectivity index (χ1v) is 8.38. The van der Waals surface area contributed by atoms with E-state index in [0.717, 1.165) is 0 Å². The van der Waals surface area contributed by atoms with Gasteiger partial charge < -0.3 is 10.4 Å². The zero-order valence-corrected chi connectivity index (χ0v) is 14.2. The van der Waals surface area contributed by atoms with E-state index in [9.17, 15) is 9.59 Å². The summed E-state index contributed by atoms with van der Waals surface area (Å²) in [4.78, 5) is 23.7. The number of thiophene rings is 1. The Kier molecular flexibility index (Phi) is 4.01. The highest BCUT2D eigenvalue weighted by atomic mass is 35.5. The third kappa shape index (κ3) is 2.67. The zero-order valence-electron chi connectivity index (χ0n) is 11.1. The van der Waals surface area contributed by atoms with Crippen molar-refractivity contribution >= 4 is 68.1 Å². The second-order valence-corrected chi connectivity index (χ2v) is 7.55. The summed E-state index contributed by atoms with van der Waals surface area (Å²) in [7, 11) is 0. The lowest BCUT2D eigenvalue weighted by molar-refractivity contribution is -0.143. The summed E-state index contributed by atoms with van der Waals surface area (Å²) in [6.07, 6.45) is 1.15. The summed E-state index contributed by atoms with van der Waals surface area (Å²) in [6, 6.07) is 3.26. The van der Waals surface area contributed by atoms with Gasteiger partial charge in [0.25, 0.3) is 5.91 Å². The Morgan fingerprint density at radius 1 is 1.27 bits per heavy atom. The van der Waals surface area contributed by atoms with Gasteiger partial charge in [-0.15, -0.1) is 11.3 Å². The first-order chi connectivity index (χ1) is 10.3. The molecule has 1 aliphatic rings. The van der Waals surface area contributed by atoms with Crippen LogP contribution in [-0.4, -0.2) is 23.5 Å². The van der Waals surface area contributed by atoms with Crippen molar-refractivity contribution in [3.63, 3.8) is 0 Å². The Labute approximate surface area is 145 Å². The molecule has 116 valence electrons. The monoisotopic (exact) mass is 377 g/mol.